The molecule has 0 atom stereocenters. The molecule has 0 spiro atoms. The first-order valence-corrected chi connectivity index (χ1v) is 6.22. The second-order valence-corrected chi connectivity index (χ2v) is 5.77. The van der Waals surface area contributed by atoms with Crippen LogP contribution in [0.5, 0.6) is 5.88 Å². The number of hydrogen-bond acceptors (Lipinski definition) is 3. The first-order valence-electron chi connectivity index (χ1n) is 5.85. The molecule has 0 unspecified atom stereocenters. The average Bonchev–Trinajstić information content (AvgIpc) is 2.16. The Bertz CT molecular complexity index is 372. The molecule has 1 aromatic heterocycles. The van der Waals surface area contributed by atoms with Gasteiger partial charge in [0.05, 0.1) is 5.02 Å². The van der Waals surface area contributed by atoms with Crippen LogP contribution >= 0.6 is 11.6 Å². The molecule has 0 aliphatic heterocycles. The molecule has 1 heterocycles. The third-order valence-corrected chi connectivity index (χ3v) is 2.36. The molecule has 0 aliphatic carbocycles. The van der Waals surface area contributed by atoms with Crippen LogP contribution < -0.4 is 10.1 Å². The van der Waals surface area contributed by atoms with Crippen LogP contribution in [0.1, 0.15) is 40.2 Å². The van der Waals surface area contributed by atoms with Crippen molar-refractivity contribution in [3.63, 3.8) is 0 Å². The van der Waals surface area contributed by atoms with Gasteiger partial charge in [0.2, 0.25) is 5.88 Å². The third-order valence-electron chi connectivity index (χ3n) is 2.02. The summed E-state index contributed by atoms with van der Waals surface area (Å²) < 4.78 is 5.71. The van der Waals surface area contributed by atoms with Gasteiger partial charge in [-0.1, -0.05) is 25.4 Å². The van der Waals surface area contributed by atoms with Gasteiger partial charge in [-0.25, -0.2) is 4.98 Å². The van der Waals surface area contributed by atoms with Gasteiger partial charge in [-0.15, -0.1) is 0 Å². The van der Waals surface area contributed by atoms with Gasteiger partial charge in [-0.2, -0.15) is 0 Å². The zero-order valence-electron chi connectivity index (χ0n) is 11.2. The van der Waals surface area contributed by atoms with Crippen LogP contribution in [0.25, 0.3) is 0 Å². The van der Waals surface area contributed by atoms with E-state index in [0.29, 0.717) is 16.9 Å². The summed E-state index contributed by atoms with van der Waals surface area (Å²) >= 11 is 6.09. The Labute approximate surface area is 109 Å². The zero-order chi connectivity index (χ0) is 13.1. The third kappa shape index (κ3) is 5.37. The minimum absolute atomic E-state index is 0.246. The van der Waals surface area contributed by atoms with Gasteiger partial charge >= 0.3 is 0 Å². The van der Waals surface area contributed by atoms with E-state index in [1.807, 2.05) is 26.8 Å². The van der Waals surface area contributed by atoms with Crippen LogP contribution in [0.15, 0.2) is 12.3 Å². The largest absolute Gasteiger partial charge is 0.472 e. The molecule has 0 fully saturated rings. The highest BCUT2D eigenvalue weighted by molar-refractivity contribution is 6.31. The van der Waals surface area contributed by atoms with Crippen LogP contribution in [-0.2, 0) is 6.54 Å². The summed E-state index contributed by atoms with van der Waals surface area (Å²) in [6.07, 6.45) is 1.64. The second kappa shape index (κ2) is 5.69. The Kier molecular flexibility index (Phi) is 4.78. The molecule has 0 aliphatic rings. The topological polar surface area (TPSA) is 34.1 Å². The molecule has 1 aromatic rings. The van der Waals surface area contributed by atoms with Crippen molar-refractivity contribution in [2.75, 3.05) is 0 Å². The summed E-state index contributed by atoms with van der Waals surface area (Å²) in [6.45, 7) is 10.9. The fourth-order valence-electron chi connectivity index (χ4n) is 1.28. The number of nitrogens with one attached hydrogen (secondary N) is 1. The SMILES string of the molecule is CC(C)NCc1cc(OC(C)(C)C)ncc1Cl. The molecule has 0 aromatic carbocycles. The minimum Gasteiger partial charge on any atom is -0.472 e. The van der Waals surface area contributed by atoms with Crippen molar-refractivity contribution >= 4 is 11.6 Å². The van der Waals surface area contributed by atoms with Gasteiger partial charge in [-0.05, 0) is 26.3 Å². The van der Waals surface area contributed by atoms with E-state index in [1.165, 1.54) is 0 Å². The van der Waals surface area contributed by atoms with E-state index in [-0.39, 0.29) is 5.60 Å². The highest BCUT2D eigenvalue weighted by Gasteiger charge is 2.14. The summed E-state index contributed by atoms with van der Waals surface area (Å²) in [5, 5.41) is 3.99. The molecular formula is C13H21ClN2O. The molecular weight excluding hydrogens is 236 g/mol. The molecule has 0 bridgehead atoms. The van der Waals surface area contributed by atoms with Gasteiger partial charge in [0, 0.05) is 24.8 Å². The lowest BCUT2D eigenvalue weighted by Gasteiger charge is -2.21. The number of aromatic nitrogens is 1. The molecule has 1 rings (SSSR count). The summed E-state index contributed by atoms with van der Waals surface area (Å²) in [7, 11) is 0. The Balaban J connectivity index is 2.79. The number of halogens is 1. The molecule has 96 valence electrons. The smallest absolute Gasteiger partial charge is 0.214 e. The summed E-state index contributed by atoms with van der Waals surface area (Å²) in [6, 6.07) is 2.31. The lowest BCUT2D eigenvalue weighted by molar-refractivity contribution is 0.124. The molecule has 0 saturated heterocycles. The van der Waals surface area contributed by atoms with E-state index in [9.17, 15) is 0 Å². The number of ether oxygens (including phenoxy) is 1. The molecule has 1 N–H and O–H groups in total. The first-order chi connectivity index (χ1) is 7.78. The molecule has 4 heteroatoms. The van der Waals surface area contributed by atoms with Crippen molar-refractivity contribution in [3.8, 4) is 5.88 Å². The average molecular weight is 257 g/mol. The monoisotopic (exact) mass is 256 g/mol. The lowest BCUT2D eigenvalue weighted by Crippen LogP contribution is -2.24. The van der Waals surface area contributed by atoms with E-state index in [2.05, 4.69) is 24.1 Å². The fraction of sp³-hybridized carbons (Fsp3) is 0.615. The van der Waals surface area contributed by atoms with Crippen LogP contribution in [-0.4, -0.2) is 16.6 Å². The summed E-state index contributed by atoms with van der Waals surface area (Å²) in [5.74, 6) is 0.613. The molecule has 3 nitrogen and oxygen atoms in total. The van der Waals surface area contributed by atoms with E-state index >= 15 is 0 Å². The summed E-state index contributed by atoms with van der Waals surface area (Å²) in [4.78, 5) is 4.17. The van der Waals surface area contributed by atoms with E-state index in [4.69, 9.17) is 16.3 Å². The Hall–Kier alpha value is -0.800. The second-order valence-electron chi connectivity index (χ2n) is 5.36. The van der Waals surface area contributed by atoms with Crippen LogP contribution in [0.4, 0.5) is 0 Å². The Morgan fingerprint density at radius 2 is 2.06 bits per heavy atom. The van der Waals surface area contributed by atoms with Crippen LogP contribution in [0.2, 0.25) is 5.02 Å². The van der Waals surface area contributed by atoms with Crippen molar-refractivity contribution in [1.82, 2.24) is 10.3 Å². The fourth-order valence-corrected chi connectivity index (χ4v) is 1.45. The van der Waals surface area contributed by atoms with E-state index < -0.39 is 0 Å². The quantitative estimate of drug-likeness (QED) is 0.897. The number of pyridine rings is 1. The van der Waals surface area contributed by atoms with Crippen molar-refractivity contribution < 1.29 is 4.74 Å². The zero-order valence-corrected chi connectivity index (χ0v) is 11.9. The highest BCUT2D eigenvalue weighted by atomic mass is 35.5. The Morgan fingerprint density at radius 1 is 1.41 bits per heavy atom. The van der Waals surface area contributed by atoms with Gasteiger partial charge in [0.25, 0.3) is 0 Å². The maximum Gasteiger partial charge on any atom is 0.214 e. The Morgan fingerprint density at radius 3 is 2.59 bits per heavy atom. The predicted octanol–water partition coefficient (Wildman–Crippen LogP) is 3.41. The maximum atomic E-state index is 6.09. The number of nitrogens with zero attached hydrogens (tertiary/aromatic N) is 1. The summed E-state index contributed by atoms with van der Waals surface area (Å²) in [5.41, 5.74) is 0.762. The highest BCUT2D eigenvalue weighted by Crippen LogP contribution is 2.22. The van der Waals surface area contributed by atoms with Gasteiger partial charge in [-0.3, -0.25) is 0 Å². The van der Waals surface area contributed by atoms with Crippen molar-refractivity contribution in [2.24, 2.45) is 0 Å². The van der Waals surface area contributed by atoms with Crippen molar-refractivity contribution in [1.29, 1.82) is 0 Å². The molecule has 17 heavy (non-hydrogen) atoms. The van der Waals surface area contributed by atoms with Gasteiger partial charge < -0.3 is 10.1 Å². The van der Waals surface area contributed by atoms with E-state index in [0.717, 1.165) is 12.1 Å². The molecule has 0 saturated carbocycles. The van der Waals surface area contributed by atoms with Crippen LogP contribution in [0, 0.1) is 0 Å². The van der Waals surface area contributed by atoms with E-state index in [1.54, 1.807) is 6.20 Å². The van der Waals surface area contributed by atoms with Crippen LogP contribution in [0.3, 0.4) is 0 Å². The van der Waals surface area contributed by atoms with Crippen molar-refractivity contribution in [3.05, 3.63) is 22.8 Å². The normalized spacial score (nSPS) is 11.9. The predicted molar refractivity (Wildman–Crippen MR) is 71.6 cm³/mol. The van der Waals surface area contributed by atoms with Crippen molar-refractivity contribution in [2.45, 2.75) is 52.8 Å². The maximum absolute atomic E-state index is 6.09. The standard InChI is InChI=1S/C13H21ClN2O/c1-9(2)15-7-10-6-12(16-8-11(10)14)17-13(3,4)5/h6,8-9,15H,7H2,1-5H3. The minimum atomic E-state index is -0.246. The van der Waals surface area contributed by atoms with Gasteiger partial charge in [0.1, 0.15) is 5.60 Å². The molecule has 0 radical (unpaired) electrons. The van der Waals surface area contributed by atoms with Gasteiger partial charge in [0.15, 0.2) is 0 Å². The molecule has 0 amide bonds. The number of rotatable bonds is 4. The number of hydrogen-bond donors (Lipinski definition) is 1. The first kappa shape index (κ1) is 14.3. The lowest BCUT2D eigenvalue weighted by atomic mass is 10.2.